The Bertz CT molecular complexity index is 1090. The fraction of sp³-hybridized carbons (Fsp3) is 0.158. The molecule has 0 radical (unpaired) electrons. The van der Waals surface area contributed by atoms with E-state index in [1.54, 1.807) is 29.7 Å². The minimum absolute atomic E-state index is 0.299. The molecule has 1 aromatic carbocycles. The van der Waals surface area contributed by atoms with Crippen LogP contribution in [0.2, 0.25) is 0 Å². The molecule has 0 amide bonds. The summed E-state index contributed by atoms with van der Waals surface area (Å²) in [5.41, 5.74) is 4.32. The number of rotatable bonds is 5. The van der Waals surface area contributed by atoms with Crippen LogP contribution in [-0.2, 0) is 16.7 Å². The zero-order valence-electron chi connectivity index (χ0n) is 14.5. The molecule has 0 N–H and O–H groups in total. The van der Waals surface area contributed by atoms with Crippen molar-refractivity contribution in [1.82, 2.24) is 18.5 Å². The van der Waals surface area contributed by atoms with Crippen molar-refractivity contribution >= 4 is 22.0 Å². The molecule has 0 aliphatic carbocycles. The molecule has 0 saturated carbocycles. The van der Waals surface area contributed by atoms with Gasteiger partial charge in [0, 0.05) is 29.8 Å². The largest absolute Gasteiger partial charge is 0.496 e. The van der Waals surface area contributed by atoms with Crippen LogP contribution < -0.4 is 4.74 Å². The molecule has 3 aromatic heterocycles. The molecular formula is C19H18N4O2S. The first kappa shape index (κ1) is 16.5. The van der Waals surface area contributed by atoms with Gasteiger partial charge in [0.2, 0.25) is 0 Å². The number of fused-ring (bicyclic) bond motifs is 1. The molecule has 0 spiro atoms. The highest BCUT2D eigenvalue weighted by Gasteiger charge is 2.14. The summed E-state index contributed by atoms with van der Waals surface area (Å²) in [6.07, 6.45) is 7.25. The Morgan fingerprint density at radius 3 is 2.73 bits per heavy atom. The smallest absolute Gasteiger partial charge is 0.131 e. The lowest BCUT2D eigenvalue weighted by Crippen LogP contribution is -2.09. The number of pyridine rings is 1. The van der Waals surface area contributed by atoms with Crippen molar-refractivity contribution < 1.29 is 8.95 Å². The van der Waals surface area contributed by atoms with Crippen LogP contribution in [0.4, 0.5) is 0 Å². The van der Waals surface area contributed by atoms with Crippen molar-refractivity contribution in [2.75, 3.05) is 7.11 Å². The van der Waals surface area contributed by atoms with Crippen molar-refractivity contribution in [3.63, 3.8) is 0 Å². The summed E-state index contributed by atoms with van der Waals surface area (Å²) in [6, 6.07) is 11.7. The topological polar surface area (TPSA) is 61.9 Å². The molecule has 1 unspecified atom stereocenters. The number of ether oxygens (including phenoxy) is 1. The minimum Gasteiger partial charge on any atom is -0.496 e. The molecule has 4 aromatic rings. The number of hydrogen-bond acceptors (Lipinski definition) is 4. The minimum atomic E-state index is -1.31. The Morgan fingerprint density at radius 1 is 1.15 bits per heavy atom. The number of benzene rings is 1. The Balaban J connectivity index is 1.65. The molecule has 0 saturated heterocycles. The first-order chi connectivity index (χ1) is 12.7. The van der Waals surface area contributed by atoms with E-state index in [4.69, 9.17) is 4.74 Å². The van der Waals surface area contributed by atoms with Crippen LogP contribution in [-0.4, -0.2) is 29.8 Å². The Labute approximate surface area is 153 Å². The highest BCUT2D eigenvalue weighted by atomic mass is 32.2. The average molecular weight is 366 g/mol. The van der Waals surface area contributed by atoms with Gasteiger partial charge in [-0.3, -0.25) is 4.98 Å². The summed E-state index contributed by atoms with van der Waals surface area (Å²) in [4.78, 5) is 8.77. The molecule has 7 heteroatoms. The van der Waals surface area contributed by atoms with E-state index >= 15 is 0 Å². The normalized spacial score (nSPS) is 12.4. The Hall–Kier alpha value is -2.93. The van der Waals surface area contributed by atoms with Gasteiger partial charge in [0.05, 0.1) is 29.6 Å². The van der Waals surface area contributed by atoms with Gasteiger partial charge < -0.3 is 9.30 Å². The van der Waals surface area contributed by atoms with Crippen LogP contribution in [0.3, 0.4) is 0 Å². The summed E-state index contributed by atoms with van der Waals surface area (Å²) >= 11 is 0. The third kappa shape index (κ3) is 2.90. The molecular weight excluding hydrogens is 348 g/mol. The van der Waals surface area contributed by atoms with E-state index in [1.165, 1.54) is 0 Å². The van der Waals surface area contributed by atoms with Crippen molar-refractivity contribution in [1.29, 1.82) is 0 Å². The lowest BCUT2D eigenvalue weighted by Gasteiger charge is -2.10. The second kappa shape index (κ2) is 6.76. The van der Waals surface area contributed by atoms with E-state index in [9.17, 15) is 4.21 Å². The monoisotopic (exact) mass is 366 g/mol. The molecule has 0 aliphatic heterocycles. The zero-order valence-corrected chi connectivity index (χ0v) is 15.3. The predicted molar refractivity (Wildman–Crippen MR) is 102 cm³/mol. The summed E-state index contributed by atoms with van der Waals surface area (Å²) in [5.74, 6) is 1.05. The van der Waals surface area contributed by atoms with Gasteiger partial charge in [-0.1, -0.05) is 0 Å². The molecule has 3 heterocycles. The van der Waals surface area contributed by atoms with E-state index < -0.39 is 11.0 Å². The van der Waals surface area contributed by atoms with Crippen molar-refractivity contribution in [3.05, 3.63) is 72.6 Å². The van der Waals surface area contributed by atoms with Gasteiger partial charge in [0.1, 0.15) is 23.1 Å². The molecule has 0 fully saturated rings. The molecule has 1 atom stereocenters. The third-order valence-electron chi connectivity index (χ3n) is 4.36. The first-order valence-electron chi connectivity index (χ1n) is 8.15. The molecule has 0 aliphatic rings. The second-order valence-corrected chi connectivity index (χ2v) is 7.21. The molecule has 4 rings (SSSR count). The van der Waals surface area contributed by atoms with Gasteiger partial charge in [0.15, 0.2) is 0 Å². The fourth-order valence-corrected chi connectivity index (χ4v) is 4.11. The van der Waals surface area contributed by atoms with Crippen LogP contribution in [0.1, 0.15) is 11.3 Å². The maximum absolute atomic E-state index is 12.9. The van der Waals surface area contributed by atoms with Crippen LogP contribution in [0, 0.1) is 6.92 Å². The van der Waals surface area contributed by atoms with Crippen LogP contribution in [0.25, 0.3) is 16.7 Å². The van der Waals surface area contributed by atoms with Crippen molar-refractivity contribution in [3.8, 4) is 11.4 Å². The van der Waals surface area contributed by atoms with Crippen LogP contribution in [0.5, 0.6) is 5.75 Å². The van der Waals surface area contributed by atoms with Gasteiger partial charge in [-0.15, -0.1) is 0 Å². The zero-order chi connectivity index (χ0) is 18.1. The van der Waals surface area contributed by atoms with Crippen LogP contribution in [0.15, 0.2) is 61.3 Å². The van der Waals surface area contributed by atoms with Gasteiger partial charge in [0.25, 0.3) is 0 Å². The summed E-state index contributed by atoms with van der Waals surface area (Å²) in [6.45, 7) is 1.92. The predicted octanol–water partition coefficient (Wildman–Crippen LogP) is 3.25. The van der Waals surface area contributed by atoms with E-state index in [0.29, 0.717) is 5.75 Å². The summed E-state index contributed by atoms with van der Waals surface area (Å²) < 4.78 is 21.9. The van der Waals surface area contributed by atoms with Gasteiger partial charge in [-0.05, 0) is 43.3 Å². The van der Waals surface area contributed by atoms with E-state index in [-0.39, 0.29) is 0 Å². The highest BCUT2D eigenvalue weighted by Crippen LogP contribution is 2.22. The number of nitrogens with zero attached hydrogens (tertiary/aromatic N) is 4. The number of aromatic nitrogens is 4. The number of methoxy groups -OCH3 is 1. The molecule has 6 nitrogen and oxygen atoms in total. The molecule has 26 heavy (non-hydrogen) atoms. The van der Waals surface area contributed by atoms with Gasteiger partial charge >= 0.3 is 0 Å². The van der Waals surface area contributed by atoms with E-state index in [1.807, 2.05) is 54.2 Å². The maximum atomic E-state index is 12.9. The van der Waals surface area contributed by atoms with Crippen LogP contribution >= 0.6 is 0 Å². The first-order valence-corrected chi connectivity index (χ1v) is 9.43. The molecule has 0 bridgehead atoms. The number of imidazole rings is 1. The SMILES string of the molecule is COc1ccnc(CS(=O)n2cnc3cc(-n4cccc4)ccc32)c1C. The highest BCUT2D eigenvalue weighted by molar-refractivity contribution is 7.82. The second-order valence-electron chi connectivity index (χ2n) is 5.88. The third-order valence-corrected chi connectivity index (χ3v) is 5.61. The van der Waals surface area contributed by atoms with E-state index in [2.05, 4.69) is 9.97 Å². The van der Waals surface area contributed by atoms with Gasteiger partial charge in [-0.2, -0.15) is 0 Å². The molecule has 132 valence electrons. The fourth-order valence-electron chi connectivity index (χ4n) is 2.92. The van der Waals surface area contributed by atoms with Gasteiger partial charge in [-0.25, -0.2) is 13.2 Å². The van der Waals surface area contributed by atoms with E-state index in [0.717, 1.165) is 33.7 Å². The standard InChI is InChI=1S/C19H18N4O2S/c1-14-17(20-8-7-19(14)25-2)12-26(24)23-13-21-16-11-15(5-6-18(16)23)22-9-3-4-10-22/h3-11,13H,12H2,1-2H3. The lowest BCUT2D eigenvalue weighted by molar-refractivity contribution is 0.410. The number of hydrogen-bond donors (Lipinski definition) is 0. The summed E-state index contributed by atoms with van der Waals surface area (Å²) in [5, 5.41) is 0. The quantitative estimate of drug-likeness (QED) is 0.544. The average Bonchev–Trinajstić information content (AvgIpc) is 3.32. The van der Waals surface area contributed by atoms with Crippen molar-refractivity contribution in [2.45, 2.75) is 12.7 Å². The maximum Gasteiger partial charge on any atom is 0.131 e. The Morgan fingerprint density at radius 2 is 1.96 bits per heavy atom. The van der Waals surface area contributed by atoms with Crippen molar-refractivity contribution in [2.24, 2.45) is 0 Å². The Kier molecular flexibility index (Phi) is 4.30. The summed E-state index contributed by atoms with van der Waals surface area (Å²) in [7, 11) is 0.307. The lowest BCUT2D eigenvalue weighted by atomic mass is 10.2.